The van der Waals surface area contributed by atoms with Gasteiger partial charge in [0.1, 0.15) is 23.7 Å². The molecule has 2 aromatic rings. The molecule has 0 spiro atoms. The minimum atomic E-state index is 0.242. The van der Waals surface area contributed by atoms with Crippen molar-refractivity contribution in [3.8, 4) is 11.9 Å². The van der Waals surface area contributed by atoms with E-state index in [9.17, 15) is 0 Å². The fraction of sp³-hybridized carbons (Fsp3) is 0.471. The van der Waals surface area contributed by atoms with Crippen molar-refractivity contribution in [2.24, 2.45) is 0 Å². The highest BCUT2D eigenvalue weighted by atomic mass is 16.5. The molecule has 118 valence electrons. The normalized spacial score (nSPS) is 20.9. The summed E-state index contributed by atoms with van der Waals surface area (Å²) in [4.78, 5) is 8.82. The lowest BCUT2D eigenvalue weighted by atomic mass is 10.1. The van der Waals surface area contributed by atoms with Gasteiger partial charge in [0.25, 0.3) is 0 Å². The summed E-state index contributed by atoms with van der Waals surface area (Å²) in [6.45, 7) is 2.04. The zero-order valence-corrected chi connectivity index (χ0v) is 12.9. The van der Waals surface area contributed by atoms with Gasteiger partial charge in [0.05, 0.1) is 0 Å². The van der Waals surface area contributed by atoms with Crippen LogP contribution in [0.4, 0.5) is 5.82 Å². The van der Waals surface area contributed by atoms with E-state index in [1.165, 1.54) is 6.42 Å². The van der Waals surface area contributed by atoms with Gasteiger partial charge in [-0.3, -0.25) is 0 Å². The van der Waals surface area contributed by atoms with E-state index in [0.717, 1.165) is 48.9 Å². The molecule has 6 heteroatoms. The van der Waals surface area contributed by atoms with E-state index in [2.05, 4.69) is 26.7 Å². The monoisotopic (exact) mass is 309 g/mol. The van der Waals surface area contributed by atoms with E-state index in [4.69, 9.17) is 10.00 Å². The standard InChI is InChI=1S/C17H19N5O/c18-8-13-6-11-9-20-16(21-12-2-1-5-19-10-12)7-15(11)17(22-13)23-14-3-4-14/h6-7,9,12,14,19H,1-5,10H2,(H,20,21). The second-order valence-electron chi connectivity index (χ2n) is 6.22. The number of pyridine rings is 2. The molecule has 1 aliphatic heterocycles. The van der Waals surface area contributed by atoms with Crippen molar-refractivity contribution >= 4 is 16.6 Å². The Morgan fingerprint density at radius 2 is 2.22 bits per heavy atom. The first-order valence-corrected chi connectivity index (χ1v) is 8.16. The number of anilines is 1. The van der Waals surface area contributed by atoms with Crippen molar-refractivity contribution in [2.45, 2.75) is 37.8 Å². The lowest BCUT2D eigenvalue weighted by Crippen LogP contribution is -2.38. The van der Waals surface area contributed by atoms with Crippen LogP contribution in [0.5, 0.6) is 5.88 Å². The van der Waals surface area contributed by atoms with Crippen LogP contribution in [0.2, 0.25) is 0 Å². The quantitative estimate of drug-likeness (QED) is 0.901. The number of fused-ring (bicyclic) bond motifs is 1. The molecule has 1 atom stereocenters. The first-order valence-electron chi connectivity index (χ1n) is 8.16. The molecule has 4 rings (SSSR count). The molecule has 0 amide bonds. The fourth-order valence-electron chi connectivity index (χ4n) is 2.87. The zero-order chi connectivity index (χ0) is 15.6. The fourth-order valence-corrected chi connectivity index (χ4v) is 2.87. The molecule has 0 radical (unpaired) electrons. The molecule has 23 heavy (non-hydrogen) atoms. The van der Waals surface area contributed by atoms with Crippen LogP contribution in [-0.4, -0.2) is 35.2 Å². The number of aromatic nitrogens is 2. The van der Waals surface area contributed by atoms with E-state index in [1.54, 1.807) is 12.3 Å². The molecule has 6 nitrogen and oxygen atoms in total. The molecule has 0 bridgehead atoms. The highest BCUT2D eigenvalue weighted by Gasteiger charge is 2.25. The highest BCUT2D eigenvalue weighted by molar-refractivity contribution is 5.89. The third-order valence-corrected chi connectivity index (χ3v) is 4.25. The Morgan fingerprint density at radius 3 is 2.96 bits per heavy atom. The van der Waals surface area contributed by atoms with Crippen molar-refractivity contribution in [3.63, 3.8) is 0 Å². The van der Waals surface area contributed by atoms with Gasteiger partial charge in [-0.15, -0.1) is 0 Å². The van der Waals surface area contributed by atoms with Gasteiger partial charge >= 0.3 is 0 Å². The maximum atomic E-state index is 9.13. The van der Waals surface area contributed by atoms with Crippen LogP contribution in [0, 0.1) is 11.3 Å². The molecular formula is C17H19N5O. The van der Waals surface area contributed by atoms with Gasteiger partial charge < -0.3 is 15.4 Å². The Labute approximate surface area is 134 Å². The zero-order valence-electron chi connectivity index (χ0n) is 12.9. The summed E-state index contributed by atoms with van der Waals surface area (Å²) in [5.74, 6) is 1.38. The summed E-state index contributed by atoms with van der Waals surface area (Å²) in [6.07, 6.45) is 6.47. The third-order valence-electron chi connectivity index (χ3n) is 4.25. The molecular weight excluding hydrogens is 290 g/mol. The summed E-state index contributed by atoms with van der Waals surface area (Å²) in [7, 11) is 0. The molecule has 1 saturated carbocycles. The Bertz CT molecular complexity index is 759. The average Bonchev–Trinajstić information content (AvgIpc) is 3.40. The van der Waals surface area contributed by atoms with E-state index in [-0.39, 0.29) is 6.10 Å². The number of ether oxygens (including phenoxy) is 1. The molecule has 2 aliphatic rings. The SMILES string of the molecule is N#Cc1cc2cnc(NC3CCCNC3)cc2c(OC2CC2)n1. The van der Waals surface area contributed by atoms with Crippen molar-refractivity contribution in [1.82, 2.24) is 15.3 Å². The summed E-state index contributed by atoms with van der Waals surface area (Å²) >= 11 is 0. The second kappa shape index (κ2) is 6.01. The minimum absolute atomic E-state index is 0.242. The smallest absolute Gasteiger partial charge is 0.223 e. The van der Waals surface area contributed by atoms with Crippen LogP contribution in [-0.2, 0) is 0 Å². The lowest BCUT2D eigenvalue weighted by molar-refractivity contribution is 0.295. The molecule has 3 heterocycles. The third kappa shape index (κ3) is 3.20. The molecule has 1 saturated heterocycles. The number of nitriles is 1. The van der Waals surface area contributed by atoms with Gasteiger partial charge in [0, 0.05) is 29.6 Å². The molecule has 2 N–H and O–H groups in total. The maximum Gasteiger partial charge on any atom is 0.223 e. The second-order valence-corrected chi connectivity index (χ2v) is 6.22. The average molecular weight is 309 g/mol. The predicted molar refractivity (Wildman–Crippen MR) is 87.4 cm³/mol. The number of nitrogens with one attached hydrogen (secondary N) is 2. The van der Waals surface area contributed by atoms with Gasteiger partial charge in [-0.25, -0.2) is 9.97 Å². The highest BCUT2D eigenvalue weighted by Crippen LogP contribution is 2.32. The Hall–Kier alpha value is -2.39. The van der Waals surface area contributed by atoms with Crippen molar-refractivity contribution in [1.29, 1.82) is 5.26 Å². The molecule has 2 aromatic heterocycles. The lowest BCUT2D eigenvalue weighted by Gasteiger charge is -2.24. The van der Waals surface area contributed by atoms with Crippen molar-refractivity contribution in [2.75, 3.05) is 18.4 Å². The summed E-state index contributed by atoms with van der Waals surface area (Å²) < 4.78 is 5.90. The molecule has 2 fully saturated rings. The summed E-state index contributed by atoms with van der Waals surface area (Å²) in [6, 6.07) is 6.23. The van der Waals surface area contributed by atoms with Crippen molar-refractivity contribution < 1.29 is 4.74 Å². The number of hydrogen-bond donors (Lipinski definition) is 2. The van der Waals surface area contributed by atoms with Gasteiger partial charge in [0.15, 0.2) is 0 Å². The van der Waals surface area contributed by atoms with Gasteiger partial charge in [-0.1, -0.05) is 0 Å². The summed E-state index contributed by atoms with van der Waals surface area (Å²) in [5, 5.41) is 17.8. The first-order chi connectivity index (χ1) is 11.3. The van der Waals surface area contributed by atoms with Gasteiger partial charge in [0.2, 0.25) is 5.88 Å². The van der Waals surface area contributed by atoms with Crippen LogP contribution in [0.3, 0.4) is 0 Å². The van der Waals surface area contributed by atoms with Crippen molar-refractivity contribution in [3.05, 3.63) is 24.0 Å². The Morgan fingerprint density at radius 1 is 1.30 bits per heavy atom. The number of piperidine rings is 1. The van der Waals surface area contributed by atoms with Gasteiger partial charge in [-0.2, -0.15) is 5.26 Å². The Kier molecular flexibility index (Phi) is 3.72. The Balaban J connectivity index is 1.66. The molecule has 0 aromatic carbocycles. The summed E-state index contributed by atoms with van der Waals surface area (Å²) in [5.41, 5.74) is 0.368. The number of hydrogen-bond acceptors (Lipinski definition) is 6. The van der Waals surface area contributed by atoms with Crippen LogP contribution in [0.25, 0.3) is 10.8 Å². The van der Waals surface area contributed by atoms with Crippen LogP contribution < -0.4 is 15.4 Å². The van der Waals surface area contributed by atoms with E-state index < -0.39 is 0 Å². The maximum absolute atomic E-state index is 9.13. The first kappa shape index (κ1) is 14.2. The molecule has 1 aliphatic carbocycles. The van der Waals surface area contributed by atoms with Crippen LogP contribution >= 0.6 is 0 Å². The number of rotatable bonds is 4. The minimum Gasteiger partial charge on any atom is -0.474 e. The molecule has 1 unspecified atom stereocenters. The van der Waals surface area contributed by atoms with E-state index in [0.29, 0.717) is 17.6 Å². The number of nitrogens with zero attached hydrogens (tertiary/aromatic N) is 3. The largest absolute Gasteiger partial charge is 0.474 e. The van der Waals surface area contributed by atoms with E-state index >= 15 is 0 Å². The van der Waals surface area contributed by atoms with Crippen LogP contribution in [0.15, 0.2) is 18.3 Å². The predicted octanol–water partition coefficient (Wildman–Crippen LogP) is 2.21. The van der Waals surface area contributed by atoms with Gasteiger partial charge in [-0.05, 0) is 44.4 Å². The van der Waals surface area contributed by atoms with E-state index in [1.807, 2.05) is 6.07 Å². The van der Waals surface area contributed by atoms with Crippen LogP contribution in [0.1, 0.15) is 31.4 Å². The topological polar surface area (TPSA) is 82.9 Å².